The van der Waals surface area contributed by atoms with Crippen molar-refractivity contribution >= 4 is 21.6 Å². The molecule has 1 heterocycles. The van der Waals surface area contributed by atoms with Crippen molar-refractivity contribution in [3.05, 3.63) is 42.5 Å². The summed E-state index contributed by atoms with van der Waals surface area (Å²) in [7, 11) is -3.75. The van der Waals surface area contributed by atoms with Gasteiger partial charge in [-0.15, -0.1) is 0 Å². The van der Waals surface area contributed by atoms with E-state index in [2.05, 4.69) is 20.0 Å². The summed E-state index contributed by atoms with van der Waals surface area (Å²) in [5, 5.41) is 8.02. The van der Waals surface area contributed by atoms with Gasteiger partial charge >= 0.3 is 0 Å². The number of aromatic amines is 1. The van der Waals surface area contributed by atoms with Gasteiger partial charge in [0.2, 0.25) is 0 Å². The van der Waals surface area contributed by atoms with Gasteiger partial charge in [-0.2, -0.15) is 8.42 Å². The van der Waals surface area contributed by atoms with Crippen molar-refractivity contribution in [3.63, 3.8) is 0 Å². The van der Waals surface area contributed by atoms with Crippen molar-refractivity contribution in [2.75, 3.05) is 10.0 Å². The number of hydrogen-bond donors (Lipinski definition) is 4. The second kappa shape index (κ2) is 5.07. The highest BCUT2D eigenvalue weighted by Crippen LogP contribution is 2.16. The number of benzene rings is 1. The van der Waals surface area contributed by atoms with Gasteiger partial charge in [-0.3, -0.25) is 4.72 Å². The van der Waals surface area contributed by atoms with Crippen LogP contribution in [0, 0.1) is 0 Å². The van der Waals surface area contributed by atoms with E-state index in [4.69, 9.17) is 5.14 Å². The molecule has 0 amide bonds. The quantitative estimate of drug-likeness (QED) is 0.636. The summed E-state index contributed by atoms with van der Waals surface area (Å²) in [5.74, 6) is 0. The van der Waals surface area contributed by atoms with Gasteiger partial charge in [-0.25, -0.2) is 10.1 Å². The van der Waals surface area contributed by atoms with E-state index < -0.39 is 10.2 Å². The lowest BCUT2D eigenvalue weighted by molar-refractivity contribution is 0.603. The average Bonchev–Trinajstić information content (AvgIpc) is 2.77. The Morgan fingerprint density at radius 1 is 1.33 bits per heavy atom. The van der Waals surface area contributed by atoms with Crippen molar-refractivity contribution in [2.24, 2.45) is 5.14 Å². The molecule has 0 saturated carbocycles. The second-order valence-electron chi connectivity index (χ2n) is 3.66. The van der Waals surface area contributed by atoms with E-state index in [1.165, 1.54) is 0 Å². The standard InChI is InChI=1S/C10H13N5O2S/c11-18(16,17)15-9-3-1-2-8(4-9)13-6-10-5-12-7-14-10/h1-5,7,13,15H,6H2,(H,12,14)(H2,11,16,17). The summed E-state index contributed by atoms with van der Waals surface area (Å²) < 4.78 is 24.0. The minimum absolute atomic E-state index is 0.409. The van der Waals surface area contributed by atoms with Crippen LogP contribution in [0.25, 0.3) is 0 Å². The lowest BCUT2D eigenvalue weighted by atomic mass is 10.3. The Hall–Kier alpha value is -2.06. The summed E-state index contributed by atoms with van der Waals surface area (Å²) in [6.07, 6.45) is 3.30. The van der Waals surface area contributed by atoms with Crippen molar-refractivity contribution in [1.82, 2.24) is 9.97 Å². The number of nitrogens with two attached hydrogens (primary N) is 1. The molecular formula is C10H13N5O2S. The first-order valence-electron chi connectivity index (χ1n) is 5.15. The molecule has 2 rings (SSSR count). The van der Waals surface area contributed by atoms with Crippen LogP contribution in [0.1, 0.15) is 5.69 Å². The number of nitrogens with one attached hydrogen (secondary N) is 3. The van der Waals surface area contributed by atoms with E-state index >= 15 is 0 Å². The number of H-pyrrole nitrogens is 1. The lowest BCUT2D eigenvalue weighted by Crippen LogP contribution is -2.21. The van der Waals surface area contributed by atoms with E-state index in [0.717, 1.165) is 11.4 Å². The van der Waals surface area contributed by atoms with Crippen LogP contribution in [0.5, 0.6) is 0 Å². The maximum Gasteiger partial charge on any atom is 0.296 e. The summed E-state index contributed by atoms with van der Waals surface area (Å²) in [5.41, 5.74) is 2.12. The van der Waals surface area contributed by atoms with Crippen molar-refractivity contribution in [2.45, 2.75) is 6.54 Å². The van der Waals surface area contributed by atoms with Crippen LogP contribution in [0.2, 0.25) is 0 Å². The molecule has 7 nitrogen and oxygen atoms in total. The second-order valence-corrected chi connectivity index (χ2v) is 4.95. The fourth-order valence-electron chi connectivity index (χ4n) is 1.44. The monoisotopic (exact) mass is 267 g/mol. The molecule has 1 aromatic heterocycles. The predicted molar refractivity (Wildman–Crippen MR) is 69.1 cm³/mol. The maximum absolute atomic E-state index is 10.9. The molecule has 18 heavy (non-hydrogen) atoms. The Labute approximate surface area is 105 Å². The first kappa shape index (κ1) is 12.4. The Balaban J connectivity index is 2.03. The van der Waals surface area contributed by atoms with Gasteiger partial charge in [0, 0.05) is 11.9 Å². The highest BCUT2D eigenvalue weighted by molar-refractivity contribution is 7.90. The molecule has 0 aliphatic carbocycles. The molecule has 8 heteroatoms. The topological polar surface area (TPSA) is 113 Å². The van der Waals surface area contributed by atoms with E-state index in [-0.39, 0.29) is 0 Å². The van der Waals surface area contributed by atoms with Crippen LogP contribution in [0.15, 0.2) is 36.8 Å². The van der Waals surface area contributed by atoms with Gasteiger partial charge < -0.3 is 10.3 Å². The average molecular weight is 267 g/mol. The minimum Gasteiger partial charge on any atom is -0.379 e. The Bertz CT molecular complexity index is 609. The number of aromatic nitrogens is 2. The van der Waals surface area contributed by atoms with Gasteiger partial charge in [-0.1, -0.05) is 6.07 Å². The summed E-state index contributed by atoms with van der Waals surface area (Å²) in [4.78, 5) is 6.85. The molecule has 0 atom stereocenters. The molecule has 5 N–H and O–H groups in total. The molecule has 1 aromatic carbocycles. The Morgan fingerprint density at radius 3 is 2.78 bits per heavy atom. The zero-order valence-corrected chi connectivity index (χ0v) is 10.2. The van der Waals surface area contributed by atoms with Crippen LogP contribution in [0.4, 0.5) is 11.4 Å². The Kier molecular flexibility index (Phi) is 3.49. The minimum atomic E-state index is -3.75. The molecule has 0 spiro atoms. The lowest BCUT2D eigenvalue weighted by Gasteiger charge is -2.08. The number of rotatable bonds is 5. The van der Waals surface area contributed by atoms with Crippen LogP contribution >= 0.6 is 0 Å². The van der Waals surface area contributed by atoms with Crippen LogP contribution in [-0.4, -0.2) is 18.4 Å². The molecule has 0 unspecified atom stereocenters. The third kappa shape index (κ3) is 3.75. The molecule has 96 valence electrons. The molecular weight excluding hydrogens is 254 g/mol. The van der Waals surface area contributed by atoms with Gasteiger partial charge in [0.05, 0.1) is 24.3 Å². The molecule has 0 aliphatic heterocycles. The first-order chi connectivity index (χ1) is 8.53. The molecule has 0 aliphatic rings. The summed E-state index contributed by atoms with van der Waals surface area (Å²) >= 11 is 0. The fraction of sp³-hybridized carbons (Fsp3) is 0.100. The smallest absolute Gasteiger partial charge is 0.296 e. The first-order valence-corrected chi connectivity index (χ1v) is 6.69. The largest absolute Gasteiger partial charge is 0.379 e. The van der Waals surface area contributed by atoms with E-state index in [1.54, 1.807) is 30.7 Å². The fourth-order valence-corrected chi connectivity index (χ4v) is 1.89. The van der Waals surface area contributed by atoms with Crippen molar-refractivity contribution < 1.29 is 8.42 Å². The zero-order valence-electron chi connectivity index (χ0n) is 9.42. The van der Waals surface area contributed by atoms with Crippen LogP contribution in [-0.2, 0) is 16.8 Å². The summed E-state index contributed by atoms with van der Waals surface area (Å²) in [6, 6.07) is 6.82. The number of hydrogen-bond acceptors (Lipinski definition) is 4. The molecule has 0 bridgehead atoms. The maximum atomic E-state index is 10.9. The Morgan fingerprint density at radius 2 is 2.11 bits per heavy atom. The molecule has 0 fully saturated rings. The highest BCUT2D eigenvalue weighted by Gasteiger charge is 2.02. The third-order valence-electron chi connectivity index (χ3n) is 2.16. The van der Waals surface area contributed by atoms with E-state index in [9.17, 15) is 8.42 Å². The zero-order chi connectivity index (χ0) is 13.0. The molecule has 0 saturated heterocycles. The SMILES string of the molecule is NS(=O)(=O)Nc1cccc(NCc2cnc[nH]2)c1. The van der Waals surface area contributed by atoms with Gasteiger partial charge in [0.1, 0.15) is 0 Å². The predicted octanol–water partition coefficient (Wildman–Crippen LogP) is 0.637. The van der Waals surface area contributed by atoms with Gasteiger partial charge in [0.15, 0.2) is 0 Å². The highest BCUT2D eigenvalue weighted by atomic mass is 32.2. The van der Waals surface area contributed by atoms with Crippen molar-refractivity contribution in [1.29, 1.82) is 0 Å². The van der Waals surface area contributed by atoms with E-state index in [1.807, 2.05) is 6.07 Å². The van der Waals surface area contributed by atoms with Gasteiger partial charge in [0.25, 0.3) is 10.2 Å². The molecule has 2 aromatic rings. The van der Waals surface area contributed by atoms with Crippen LogP contribution in [0.3, 0.4) is 0 Å². The number of nitrogens with zero attached hydrogens (tertiary/aromatic N) is 1. The van der Waals surface area contributed by atoms with Crippen LogP contribution < -0.4 is 15.2 Å². The summed E-state index contributed by atoms with van der Waals surface area (Å²) in [6.45, 7) is 0.568. The number of imidazole rings is 1. The number of anilines is 2. The van der Waals surface area contributed by atoms with E-state index in [0.29, 0.717) is 12.2 Å². The van der Waals surface area contributed by atoms with Gasteiger partial charge in [-0.05, 0) is 18.2 Å². The third-order valence-corrected chi connectivity index (χ3v) is 2.68. The molecule has 0 radical (unpaired) electrons. The van der Waals surface area contributed by atoms with Crippen molar-refractivity contribution in [3.8, 4) is 0 Å². The normalized spacial score (nSPS) is 11.2.